The van der Waals surface area contributed by atoms with E-state index in [4.69, 9.17) is 0 Å². The van der Waals surface area contributed by atoms with Gasteiger partial charge in [0.2, 0.25) is 11.8 Å². The second-order valence-corrected chi connectivity index (χ2v) is 8.30. The van der Waals surface area contributed by atoms with Crippen LogP contribution < -0.4 is 5.32 Å². The molecule has 0 aromatic heterocycles. The highest BCUT2D eigenvalue weighted by molar-refractivity contribution is 7.99. The van der Waals surface area contributed by atoms with Gasteiger partial charge in [0.25, 0.3) is 0 Å². The minimum absolute atomic E-state index is 0.00123. The zero-order valence-corrected chi connectivity index (χ0v) is 18.7. The van der Waals surface area contributed by atoms with E-state index in [1.165, 1.54) is 16.7 Å². The van der Waals surface area contributed by atoms with E-state index in [0.29, 0.717) is 25.3 Å². The number of benzene rings is 2. The first-order chi connectivity index (χ1) is 13.9. The molecular weight excluding hydrogens is 380 g/mol. The van der Waals surface area contributed by atoms with Crippen molar-refractivity contribution in [1.29, 1.82) is 0 Å². The molecule has 0 heterocycles. The lowest BCUT2D eigenvalue weighted by molar-refractivity contribution is -0.139. The van der Waals surface area contributed by atoms with Crippen molar-refractivity contribution in [2.24, 2.45) is 0 Å². The van der Waals surface area contributed by atoms with Crippen LogP contribution in [0.25, 0.3) is 0 Å². The van der Waals surface area contributed by atoms with Crippen molar-refractivity contribution in [3.63, 3.8) is 0 Å². The quantitative estimate of drug-likeness (QED) is 0.626. The first-order valence-corrected chi connectivity index (χ1v) is 11.4. The van der Waals surface area contributed by atoms with Gasteiger partial charge in [0.15, 0.2) is 0 Å². The standard InChI is InChI=1S/C24H32N2O2S/c1-5-22(24(28)25-6-2)26(15-20-10-8-7-9-11-20)23(27)17-29-16-21-13-18(3)12-19(4)14-21/h7-14,22H,5-6,15-17H2,1-4H3,(H,25,28)/t22-/m0/s1. The summed E-state index contributed by atoms with van der Waals surface area (Å²) in [5, 5.41) is 2.87. The predicted octanol–water partition coefficient (Wildman–Crippen LogP) is 4.48. The van der Waals surface area contributed by atoms with Gasteiger partial charge in [-0.05, 0) is 38.3 Å². The molecule has 0 saturated heterocycles. The Hall–Kier alpha value is -2.27. The first-order valence-electron chi connectivity index (χ1n) is 10.2. The van der Waals surface area contributed by atoms with Gasteiger partial charge in [0, 0.05) is 18.8 Å². The normalized spacial score (nSPS) is 11.7. The zero-order chi connectivity index (χ0) is 21.2. The summed E-state index contributed by atoms with van der Waals surface area (Å²) in [6.07, 6.45) is 0.589. The Balaban J connectivity index is 2.09. The van der Waals surface area contributed by atoms with Gasteiger partial charge in [-0.25, -0.2) is 0 Å². The van der Waals surface area contributed by atoms with Crippen molar-refractivity contribution in [3.8, 4) is 0 Å². The Morgan fingerprint density at radius 3 is 2.24 bits per heavy atom. The molecular formula is C24H32N2O2S. The lowest BCUT2D eigenvalue weighted by atomic mass is 10.1. The summed E-state index contributed by atoms with van der Waals surface area (Å²) in [7, 11) is 0. The molecule has 0 aliphatic rings. The molecule has 0 spiro atoms. The van der Waals surface area contributed by atoms with E-state index >= 15 is 0 Å². The molecule has 0 fully saturated rings. The molecule has 1 atom stereocenters. The van der Waals surface area contributed by atoms with Gasteiger partial charge in [-0.15, -0.1) is 11.8 Å². The SMILES string of the molecule is CCNC(=O)[C@H](CC)N(Cc1ccccc1)C(=O)CSCc1cc(C)cc(C)c1. The van der Waals surface area contributed by atoms with E-state index in [9.17, 15) is 9.59 Å². The van der Waals surface area contributed by atoms with Gasteiger partial charge >= 0.3 is 0 Å². The number of nitrogens with zero attached hydrogens (tertiary/aromatic N) is 1. The average Bonchev–Trinajstić information content (AvgIpc) is 2.68. The minimum Gasteiger partial charge on any atom is -0.355 e. The minimum atomic E-state index is -0.454. The monoisotopic (exact) mass is 412 g/mol. The number of hydrogen-bond acceptors (Lipinski definition) is 3. The molecule has 29 heavy (non-hydrogen) atoms. The topological polar surface area (TPSA) is 49.4 Å². The number of rotatable bonds is 10. The maximum absolute atomic E-state index is 13.1. The van der Waals surface area contributed by atoms with Gasteiger partial charge in [0.05, 0.1) is 5.75 Å². The van der Waals surface area contributed by atoms with E-state index < -0.39 is 6.04 Å². The summed E-state index contributed by atoms with van der Waals surface area (Å²) in [6.45, 7) is 9.03. The van der Waals surface area contributed by atoms with E-state index in [-0.39, 0.29) is 11.8 Å². The molecule has 0 aliphatic heterocycles. The van der Waals surface area contributed by atoms with Crippen LogP contribution in [-0.2, 0) is 21.9 Å². The molecule has 0 radical (unpaired) electrons. The summed E-state index contributed by atoms with van der Waals surface area (Å²) >= 11 is 1.60. The number of hydrogen-bond donors (Lipinski definition) is 1. The largest absolute Gasteiger partial charge is 0.355 e. The molecule has 0 bridgehead atoms. The molecule has 2 rings (SSSR count). The second-order valence-electron chi connectivity index (χ2n) is 7.31. The number of thioether (sulfide) groups is 1. The maximum Gasteiger partial charge on any atom is 0.242 e. The fourth-order valence-corrected chi connectivity index (χ4v) is 4.33. The van der Waals surface area contributed by atoms with E-state index in [1.54, 1.807) is 16.7 Å². The number of amides is 2. The third-order valence-corrected chi connectivity index (χ3v) is 5.70. The highest BCUT2D eigenvalue weighted by Crippen LogP contribution is 2.19. The fraction of sp³-hybridized carbons (Fsp3) is 0.417. The molecule has 0 saturated carbocycles. The first kappa shape index (κ1) is 23.0. The van der Waals surface area contributed by atoms with Gasteiger partial charge < -0.3 is 10.2 Å². The van der Waals surface area contributed by atoms with Gasteiger partial charge in [0.1, 0.15) is 6.04 Å². The number of likely N-dealkylation sites (N-methyl/N-ethyl adjacent to an activating group) is 1. The van der Waals surface area contributed by atoms with Crippen LogP contribution in [0, 0.1) is 13.8 Å². The number of nitrogens with one attached hydrogen (secondary N) is 1. The Morgan fingerprint density at radius 2 is 1.66 bits per heavy atom. The van der Waals surface area contributed by atoms with Crippen LogP contribution in [-0.4, -0.2) is 35.1 Å². The average molecular weight is 413 g/mol. The Labute approximate surface area is 179 Å². The number of carbonyl (C=O) groups is 2. The molecule has 156 valence electrons. The summed E-state index contributed by atoms with van der Waals surface area (Å²) in [6, 6.07) is 15.9. The van der Waals surface area contributed by atoms with E-state index in [2.05, 4.69) is 37.4 Å². The van der Waals surface area contributed by atoms with Crippen molar-refractivity contribution < 1.29 is 9.59 Å². The van der Waals surface area contributed by atoms with E-state index in [0.717, 1.165) is 11.3 Å². The Kier molecular flexibility index (Phi) is 9.26. The van der Waals surface area contributed by atoms with Crippen LogP contribution in [0.3, 0.4) is 0 Å². The third-order valence-electron chi connectivity index (χ3n) is 4.71. The summed E-state index contributed by atoms with van der Waals surface area (Å²) in [5.41, 5.74) is 4.73. The van der Waals surface area contributed by atoms with Crippen molar-refractivity contribution in [3.05, 3.63) is 70.8 Å². The number of carbonyl (C=O) groups excluding carboxylic acids is 2. The highest BCUT2D eigenvalue weighted by atomic mass is 32.2. The molecule has 2 aromatic carbocycles. The third kappa shape index (κ3) is 7.24. The summed E-state index contributed by atoms with van der Waals surface area (Å²) < 4.78 is 0. The summed E-state index contributed by atoms with van der Waals surface area (Å²) in [5.74, 6) is 1.06. The Bertz CT molecular complexity index is 788. The van der Waals surface area contributed by atoms with Crippen LogP contribution in [0.1, 0.15) is 42.5 Å². The van der Waals surface area contributed by atoms with Crippen molar-refractivity contribution >= 4 is 23.6 Å². The van der Waals surface area contributed by atoms with Crippen molar-refractivity contribution in [2.75, 3.05) is 12.3 Å². The van der Waals surface area contributed by atoms with Gasteiger partial charge in [-0.2, -0.15) is 0 Å². The second kappa shape index (κ2) is 11.7. The van der Waals surface area contributed by atoms with Crippen LogP contribution in [0.5, 0.6) is 0 Å². The fourth-order valence-electron chi connectivity index (χ4n) is 3.48. The predicted molar refractivity (Wildman–Crippen MR) is 122 cm³/mol. The Morgan fingerprint density at radius 1 is 1.00 bits per heavy atom. The smallest absolute Gasteiger partial charge is 0.242 e. The molecule has 0 unspecified atom stereocenters. The zero-order valence-electron chi connectivity index (χ0n) is 17.9. The molecule has 1 N–H and O–H groups in total. The van der Waals surface area contributed by atoms with Crippen molar-refractivity contribution in [1.82, 2.24) is 10.2 Å². The molecule has 5 heteroatoms. The van der Waals surface area contributed by atoms with Crippen LogP contribution in [0.4, 0.5) is 0 Å². The van der Waals surface area contributed by atoms with Gasteiger partial charge in [-0.1, -0.05) is 66.6 Å². The van der Waals surface area contributed by atoms with Crippen LogP contribution >= 0.6 is 11.8 Å². The molecule has 2 aromatic rings. The summed E-state index contributed by atoms with van der Waals surface area (Å²) in [4.78, 5) is 27.4. The maximum atomic E-state index is 13.1. The van der Waals surface area contributed by atoms with Crippen LogP contribution in [0.2, 0.25) is 0 Å². The van der Waals surface area contributed by atoms with Crippen LogP contribution in [0.15, 0.2) is 48.5 Å². The molecule has 2 amide bonds. The molecule has 4 nitrogen and oxygen atoms in total. The van der Waals surface area contributed by atoms with E-state index in [1.807, 2.05) is 44.2 Å². The molecule has 0 aliphatic carbocycles. The van der Waals surface area contributed by atoms with Crippen molar-refractivity contribution in [2.45, 2.75) is 52.5 Å². The lowest BCUT2D eigenvalue weighted by Gasteiger charge is -2.30. The van der Waals surface area contributed by atoms with Gasteiger partial charge in [-0.3, -0.25) is 9.59 Å². The highest BCUT2D eigenvalue weighted by Gasteiger charge is 2.28. The lowest BCUT2D eigenvalue weighted by Crippen LogP contribution is -2.49. The number of aryl methyl sites for hydroxylation is 2.